The molecule has 0 aromatic heterocycles. The van der Waals surface area contributed by atoms with Crippen LogP contribution in [0.15, 0.2) is 0 Å². The van der Waals surface area contributed by atoms with Gasteiger partial charge in [0.2, 0.25) is 0 Å². The summed E-state index contributed by atoms with van der Waals surface area (Å²) in [7, 11) is 0. The Morgan fingerprint density at radius 2 is 1.57 bits per heavy atom. The Morgan fingerprint density at radius 3 is 2.00 bits per heavy atom. The van der Waals surface area contributed by atoms with E-state index in [2.05, 4.69) is 18.7 Å². The Labute approximate surface area is 88.7 Å². The summed E-state index contributed by atoms with van der Waals surface area (Å²) in [5, 5.41) is 0. The number of ketones is 1. The van der Waals surface area contributed by atoms with Crippen molar-refractivity contribution in [2.24, 2.45) is 0 Å². The van der Waals surface area contributed by atoms with E-state index in [1.54, 1.807) is 6.92 Å². The van der Waals surface area contributed by atoms with Crippen molar-refractivity contribution in [3.8, 4) is 0 Å². The van der Waals surface area contributed by atoms with Gasteiger partial charge in [-0.2, -0.15) is 0 Å². The second kappa shape index (κ2) is 9.20. The second-order valence-electron chi connectivity index (χ2n) is 4.00. The van der Waals surface area contributed by atoms with Crippen LogP contribution in [0, 0.1) is 0 Å². The fraction of sp³-hybridized carbons (Fsp3) is 0.917. The van der Waals surface area contributed by atoms with E-state index in [0.717, 1.165) is 19.4 Å². The number of carbonyl (C=O) groups is 1. The molecule has 2 nitrogen and oxygen atoms in total. The quantitative estimate of drug-likeness (QED) is 0.532. The molecule has 0 aliphatic rings. The first kappa shape index (κ1) is 13.6. The van der Waals surface area contributed by atoms with Gasteiger partial charge in [0.1, 0.15) is 5.78 Å². The number of hydrogen-bond acceptors (Lipinski definition) is 2. The molecule has 0 unspecified atom stereocenters. The first-order chi connectivity index (χ1) is 6.70. The normalized spacial score (nSPS) is 10.9. The summed E-state index contributed by atoms with van der Waals surface area (Å²) in [6.07, 6.45) is 5.43. The van der Waals surface area contributed by atoms with Gasteiger partial charge in [-0.1, -0.05) is 13.8 Å². The molecule has 0 radical (unpaired) electrons. The Hall–Kier alpha value is -0.370. The van der Waals surface area contributed by atoms with E-state index < -0.39 is 0 Å². The second-order valence-corrected chi connectivity index (χ2v) is 4.00. The predicted molar refractivity (Wildman–Crippen MR) is 61.6 cm³/mol. The minimum atomic E-state index is 0.322. The van der Waals surface area contributed by atoms with Crippen molar-refractivity contribution in [2.45, 2.75) is 52.9 Å². The van der Waals surface area contributed by atoms with Crippen molar-refractivity contribution in [1.82, 2.24) is 4.90 Å². The Kier molecular flexibility index (Phi) is 8.95. The molecule has 0 heterocycles. The largest absolute Gasteiger partial charge is 0.303 e. The minimum Gasteiger partial charge on any atom is -0.303 e. The van der Waals surface area contributed by atoms with Gasteiger partial charge in [0.05, 0.1) is 0 Å². The lowest BCUT2D eigenvalue weighted by Gasteiger charge is -2.20. The van der Waals surface area contributed by atoms with Gasteiger partial charge in [-0.25, -0.2) is 0 Å². The van der Waals surface area contributed by atoms with E-state index >= 15 is 0 Å². The van der Waals surface area contributed by atoms with Crippen LogP contribution in [0.5, 0.6) is 0 Å². The van der Waals surface area contributed by atoms with E-state index in [1.807, 2.05) is 0 Å². The smallest absolute Gasteiger partial charge is 0.129 e. The molecule has 14 heavy (non-hydrogen) atoms. The number of hydrogen-bond donors (Lipinski definition) is 0. The molecule has 0 amide bonds. The van der Waals surface area contributed by atoms with Crippen molar-refractivity contribution in [1.29, 1.82) is 0 Å². The average Bonchev–Trinajstić information content (AvgIpc) is 2.12. The van der Waals surface area contributed by atoms with E-state index in [4.69, 9.17) is 0 Å². The standard InChI is InChI=1S/C12H25NO/c1-4-9-13(10-5-2)11-7-6-8-12(3)14/h4-11H2,1-3H3. The van der Waals surface area contributed by atoms with Crippen LogP contribution in [0.25, 0.3) is 0 Å². The first-order valence-electron chi connectivity index (χ1n) is 5.92. The van der Waals surface area contributed by atoms with Gasteiger partial charge in [-0.3, -0.25) is 0 Å². The Balaban J connectivity index is 3.44. The maximum Gasteiger partial charge on any atom is 0.129 e. The molecule has 0 bridgehead atoms. The molecule has 0 saturated carbocycles. The number of rotatable bonds is 9. The lowest BCUT2D eigenvalue weighted by Crippen LogP contribution is -2.26. The van der Waals surface area contributed by atoms with Crippen LogP contribution in [0.2, 0.25) is 0 Å². The van der Waals surface area contributed by atoms with Crippen molar-refractivity contribution < 1.29 is 4.79 Å². The van der Waals surface area contributed by atoms with Crippen molar-refractivity contribution in [3.05, 3.63) is 0 Å². The lowest BCUT2D eigenvalue weighted by molar-refractivity contribution is -0.117. The van der Waals surface area contributed by atoms with E-state index in [0.29, 0.717) is 5.78 Å². The molecule has 0 aliphatic carbocycles. The van der Waals surface area contributed by atoms with Gasteiger partial charge < -0.3 is 9.69 Å². The zero-order valence-electron chi connectivity index (χ0n) is 10.0. The molecule has 0 atom stereocenters. The fourth-order valence-corrected chi connectivity index (χ4v) is 1.68. The Morgan fingerprint density at radius 1 is 1.00 bits per heavy atom. The van der Waals surface area contributed by atoms with Crippen molar-refractivity contribution in [2.75, 3.05) is 19.6 Å². The van der Waals surface area contributed by atoms with E-state index in [-0.39, 0.29) is 0 Å². The number of nitrogens with zero attached hydrogens (tertiary/aromatic N) is 1. The van der Waals surface area contributed by atoms with Crippen LogP contribution in [-0.4, -0.2) is 30.3 Å². The van der Waals surface area contributed by atoms with Crippen LogP contribution in [0.3, 0.4) is 0 Å². The molecule has 0 aliphatic heterocycles. The number of Topliss-reactive ketones (excluding diaryl/α,β-unsaturated/α-hetero) is 1. The molecule has 0 N–H and O–H groups in total. The molecule has 0 saturated heterocycles. The van der Waals surface area contributed by atoms with Crippen LogP contribution in [0.1, 0.15) is 52.9 Å². The van der Waals surface area contributed by atoms with E-state index in [9.17, 15) is 4.79 Å². The molecular formula is C12H25NO. The van der Waals surface area contributed by atoms with Gasteiger partial charge in [-0.15, -0.1) is 0 Å². The zero-order chi connectivity index (χ0) is 10.8. The molecule has 2 heteroatoms. The van der Waals surface area contributed by atoms with E-state index in [1.165, 1.54) is 32.4 Å². The van der Waals surface area contributed by atoms with Gasteiger partial charge in [0, 0.05) is 6.42 Å². The molecule has 84 valence electrons. The van der Waals surface area contributed by atoms with Crippen LogP contribution >= 0.6 is 0 Å². The summed E-state index contributed by atoms with van der Waals surface area (Å²) in [4.78, 5) is 13.2. The van der Waals surface area contributed by atoms with Crippen molar-refractivity contribution in [3.63, 3.8) is 0 Å². The molecule has 0 spiro atoms. The lowest BCUT2D eigenvalue weighted by atomic mass is 10.2. The first-order valence-corrected chi connectivity index (χ1v) is 5.92. The molecular weight excluding hydrogens is 174 g/mol. The highest BCUT2D eigenvalue weighted by Crippen LogP contribution is 2.01. The SMILES string of the molecule is CCCN(CCC)CCCCC(C)=O. The molecule has 0 aromatic carbocycles. The van der Waals surface area contributed by atoms with Gasteiger partial charge in [-0.05, 0) is 52.2 Å². The minimum absolute atomic E-state index is 0.322. The third-order valence-corrected chi connectivity index (χ3v) is 2.33. The van der Waals surface area contributed by atoms with Crippen LogP contribution in [0.4, 0.5) is 0 Å². The molecule has 0 fully saturated rings. The van der Waals surface area contributed by atoms with Crippen LogP contribution < -0.4 is 0 Å². The summed E-state index contributed by atoms with van der Waals surface area (Å²) >= 11 is 0. The third kappa shape index (κ3) is 8.24. The molecule has 0 rings (SSSR count). The maximum absolute atomic E-state index is 10.7. The number of carbonyl (C=O) groups excluding carboxylic acids is 1. The Bertz CT molecular complexity index is 139. The summed E-state index contributed by atoms with van der Waals surface area (Å²) in [6.45, 7) is 9.68. The fourth-order valence-electron chi connectivity index (χ4n) is 1.68. The third-order valence-electron chi connectivity index (χ3n) is 2.33. The van der Waals surface area contributed by atoms with Gasteiger partial charge in [0.25, 0.3) is 0 Å². The highest BCUT2D eigenvalue weighted by atomic mass is 16.1. The zero-order valence-corrected chi connectivity index (χ0v) is 10.0. The average molecular weight is 199 g/mol. The summed E-state index contributed by atoms with van der Waals surface area (Å²) < 4.78 is 0. The highest BCUT2D eigenvalue weighted by molar-refractivity contribution is 5.75. The van der Waals surface area contributed by atoms with Gasteiger partial charge in [0.15, 0.2) is 0 Å². The molecule has 0 aromatic rings. The monoisotopic (exact) mass is 199 g/mol. The van der Waals surface area contributed by atoms with Crippen LogP contribution in [-0.2, 0) is 4.79 Å². The highest BCUT2D eigenvalue weighted by Gasteiger charge is 2.02. The number of unbranched alkanes of at least 4 members (excludes halogenated alkanes) is 1. The maximum atomic E-state index is 10.7. The summed E-state index contributed by atoms with van der Waals surface area (Å²) in [5.74, 6) is 0.322. The van der Waals surface area contributed by atoms with Gasteiger partial charge >= 0.3 is 0 Å². The van der Waals surface area contributed by atoms with Crippen molar-refractivity contribution >= 4 is 5.78 Å². The summed E-state index contributed by atoms with van der Waals surface area (Å²) in [6, 6.07) is 0. The topological polar surface area (TPSA) is 20.3 Å². The summed E-state index contributed by atoms with van der Waals surface area (Å²) in [5.41, 5.74) is 0. The predicted octanol–water partition coefficient (Wildman–Crippen LogP) is 2.87.